The fourth-order valence-electron chi connectivity index (χ4n) is 3.49. The van der Waals surface area contributed by atoms with Crippen molar-refractivity contribution in [1.29, 1.82) is 0 Å². The number of amides is 2. The van der Waals surface area contributed by atoms with Gasteiger partial charge < -0.3 is 10.2 Å². The summed E-state index contributed by atoms with van der Waals surface area (Å²) in [5, 5.41) is 2.99. The average molecular weight is 419 g/mol. The second kappa shape index (κ2) is 11.1. The lowest BCUT2D eigenvalue weighted by atomic mass is 10.0. The van der Waals surface area contributed by atoms with Crippen molar-refractivity contribution in [2.45, 2.75) is 32.4 Å². The van der Waals surface area contributed by atoms with Crippen molar-refractivity contribution >= 4 is 11.8 Å². The van der Waals surface area contributed by atoms with Crippen molar-refractivity contribution in [3.8, 4) is 0 Å². The number of hydrogen-bond acceptors (Lipinski definition) is 2. The van der Waals surface area contributed by atoms with Gasteiger partial charge in [-0.25, -0.2) is 4.39 Å². The predicted octanol–water partition coefficient (Wildman–Crippen LogP) is 4.66. The van der Waals surface area contributed by atoms with E-state index >= 15 is 0 Å². The number of hydrogen-bond donors (Lipinski definition) is 1. The molecular formula is C26H27FN2O2. The summed E-state index contributed by atoms with van der Waals surface area (Å²) in [7, 11) is 0. The first kappa shape index (κ1) is 22.2. The molecule has 3 aromatic carbocycles. The first-order valence-corrected chi connectivity index (χ1v) is 10.5. The molecule has 160 valence electrons. The number of carbonyl (C=O) groups excluding carboxylic acids is 2. The van der Waals surface area contributed by atoms with E-state index in [4.69, 9.17) is 0 Å². The molecule has 1 N–H and O–H groups in total. The van der Waals surface area contributed by atoms with Crippen LogP contribution in [0.1, 0.15) is 36.1 Å². The summed E-state index contributed by atoms with van der Waals surface area (Å²) in [4.78, 5) is 27.7. The smallest absolute Gasteiger partial charge is 0.247 e. The van der Waals surface area contributed by atoms with E-state index in [9.17, 15) is 14.0 Å². The topological polar surface area (TPSA) is 49.4 Å². The minimum atomic E-state index is -0.769. The summed E-state index contributed by atoms with van der Waals surface area (Å²) in [6, 6.07) is 24.4. The van der Waals surface area contributed by atoms with Crippen LogP contribution >= 0.6 is 0 Å². The molecule has 31 heavy (non-hydrogen) atoms. The summed E-state index contributed by atoms with van der Waals surface area (Å²) >= 11 is 0. The molecule has 3 aromatic rings. The number of nitrogens with one attached hydrogen (secondary N) is 1. The van der Waals surface area contributed by atoms with Gasteiger partial charge in [0.1, 0.15) is 11.9 Å². The SMILES string of the molecule is CCC(=O)N(Cc1ccc(F)cc1)C(C(=O)NCCc1ccccc1)c1ccccc1. The monoisotopic (exact) mass is 418 g/mol. The van der Waals surface area contributed by atoms with Crippen LogP contribution in [0, 0.1) is 5.82 Å². The van der Waals surface area contributed by atoms with Crippen molar-refractivity contribution in [2.75, 3.05) is 6.54 Å². The third kappa shape index (κ3) is 6.25. The Bertz CT molecular complexity index is 975. The molecule has 0 heterocycles. The molecule has 0 saturated heterocycles. The van der Waals surface area contributed by atoms with Crippen molar-refractivity contribution in [1.82, 2.24) is 10.2 Å². The van der Waals surface area contributed by atoms with E-state index in [1.54, 1.807) is 24.0 Å². The highest BCUT2D eigenvalue weighted by molar-refractivity contribution is 5.88. The third-order valence-electron chi connectivity index (χ3n) is 5.12. The van der Waals surface area contributed by atoms with E-state index in [1.807, 2.05) is 60.7 Å². The lowest BCUT2D eigenvalue weighted by molar-refractivity contribution is -0.141. The van der Waals surface area contributed by atoms with Crippen molar-refractivity contribution < 1.29 is 14.0 Å². The summed E-state index contributed by atoms with van der Waals surface area (Å²) in [5.74, 6) is -0.710. The molecule has 3 rings (SSSR count). The fourth-order valence-corrected chi connectivity index (χ4v) is 3.49. The first-order valence-electron chi connectivity index (χ1n) is 10.5. The second-order valence-electron chi connectivity index (χ2n) is 7.34. The van der Waals surface area contributed by atoms with Gasteiger partial charge in [0, 0.05) is 19.5 Å². The molecule has 4 nitrogen and oxygen atoms in total. The summed E-state index contributed by atoms with van der Waals surface area (Å²) in [5.41, 5.74) is 2.64. The van der Waals surface area contributed by atoms with Crippen LogP contribution in [0.3, 0.4) is 0 Å². The standard InChI is InChI=1S/C26H27FN2O2/c1-2-24(30)29(19-21-13-15-23(27)16-14-21)25(22-11-7-4-8-12-22)26(31)28-18-17-20-9-5-3-6-10-20/h3-16,25H,2,17-19H2,1H3,(H,28,31). The van der Waals surface area contributed by atoms with Crippen LogP contribution in [-0.2, 0) is 22.6 Å². The van der Waals surface area contributed by atoms with Gasteiger partial charge in [-0.3, -0.25) is 9.59 Å². The number of rotatable bonds is 9. The molecule has 0 saturated carbocycles. The Kier molecular flexibility index (Phi) is 7.93. The quantitative estimate of drug-likeness (QED) is 0.549. The fraction of sp³-hybridized carbons (Fsp3) is 0.231. The van der Waals surface area contributed by atoms with Gasteiger partial charge in [0.15, 0.2) is 0 Å². The lowest BCUT2D eigenvalue weighted by Crippen LogP contribution is -2.43. The van der Waals surface area contributed by atoms with Crippen molar-refractivity contribution in [2.24, 2.45) is 0 Å². The molecule has 0 bridgehead atoms. The van der Waals surface area contributed by atoms with Crippen LogP contribution in [-0.4, -0.2) is 23.3 Å². The maximum Gasteiger partial charge on any atom is 0.247 e. The molecule has 1 unspecified atom stereocenters. The van der Waals surface area contributed by atoms with Crippen molar-refractivity contribution in [3.63, 3.8) is 0 Å². The normalized spacial score (nSPS) is 11.5. The maximum atomic E-state index is 13.3. The van der Waals surface area contributed by atoms with E-state index in [1.165, 1.54) is 12.1 Å². The Morgan fingerprint density at radius 1 is 0.871 bits per heavy atom. The number of benzene rings is 3. The summed E-state index contributed by atoms with van der Waals surface area (Å²) in [6.07, 6.45) is 0.968. The van der Waals surface area contributed by atoms with Gasteiger partial charge in [-0.1, -0.05) is 79.7 Å². The predicted molar refractivity (Wildman–Crippen MR) is 120 cm³/mol. The maximum absolute atomic E-state index is 13.3. The van der Waals surface area contributed by atoms with Gasteiger partial charge in [-0.2, -0.15) is 0 Å². The largest absolute Gasteiger partial charge is 0.354 e. The van der Waals surface area contributed by atoms with Gasteiger partial charge in [0.05, 0.1) is 0 Å². The van der Waals surface area contributed by atoms with Crippen LogP contribution in [0.25, 0.3) is 0 Å². The molecule has 0 aliphatic carbocycles. The van der Waals surface area contributed by atoms with Gasteiger partial charge >= 0.3 is 0 Å². The molecule has 1 atom stereocenters. The zero-order valence-electron chi connectivity index (χ0n) is 17.6. The molecule has 0 aliphatic heterocycles. The minimum Gasteiger partial charge on any atom is -0.354 e. The third-order valence-corrected chi connectivity index (χ3v) is 5.12. The molecule has 0 aromatic heterocycles. The van der Waals surface area contributed by atoms with Crippen molar-refractivity contribution in [3.05, 3.63) is 107 Å². The van der Waals surface area contributed by atoms with Gasteiger partial charge in [-0.05, 0) is 35.2 Å². The van der Waals surface area contributed by atoms with E-state index in [0.29, 0.717) is 13.0 Å². The van der Waals surface area contributed by atoms with Gasteiger partial charge in [-0.15, -0.1) is 0 Å². The Morgan fingerprint density at radius 3 is 2.10 bits per heavy atom. The molecular weight excluding hydrogens is 391 g/mol. The molecule has 0 radical (unpaired) electrons. The van der Waals surface area contributed by atoms with E-state index in [2.05, 4.69) is 5.32 Å². The first-order chi connectivity index (χ1) is 15.1. The number of halogens is 1. The van der Waals surface area contributed by atoms with Crippen LogP contribution in [0.4, 0.5) is 4.39 Å². The average Bonchev–Trinajstić information content (AvgIpc) is 2.81. The minimum absolute atomic E-state index is 0.142. The highest BCUT2D eigenvalue weighted by Gasteiger charge is 2.30. The number of nitrogens with zero attached hydrogens (tertiary/aromatic N) is 1. The van der Waals surface area contributed by atoms with Gasteiger partial charge in [0.25, 0.3) is 0 Å². The second-order valence-corrected chi connectivity index (χ2v) is 7.34. The zero-order chi connectivity index (χ0) is 22.1. The highest BCUT2D eigenvalue weighted by atomic mass is 19.1. The summed E-state index contributed by atoms with van der Waals surface area (Å²) in [6.45, 7) is 2.46. The Labute approximate surface area is 182 Å². The molecule has 5 heteroatoms. The van der Waals surface area contributed by atoms with Gasteiger partial charge in [0.2, 0.25) is 11.8 Å². The Balaban J connectivity index is 1.83. The summed E-state index contributed by atoms with van der Waals surface area (Å²) < 4.78 is 13.3. The van der Waals surface area contributed by atoms with Crippen LogP contribution in [0.15, 0.2) is 84.9 Å². The Hall–Kier alpha value is -3.47. The Morgan fingerprint density at radius 2 is 1.48 bits per heavy atom. The molecule has 2 amide bonds. The van der Waals surface area contributed by atoms with Crippen LogP contribution in [0.5, 0.6) is 0 Å². The van der Waals surface area contributed by atoms with Crippen LogP contribution in [0.2, 0.25) is 0 Å². The number of carbonyl (C=O) groups is 2. The van der Waals surface area contributed by atoms with E-state index in [0.717, 1.165) is 16.7 Å². The van der Waals surface area contributed by atoms with Crippen LogP contribution < -0.4 is 5.32 Å². The lowest BCUT2D eigenvalue weighted by Gasteiger charge is -2.31. The molecule has 0 fully saturated rings. The highest BCUT2D eigenvalue weighted by Crippen LogP contribution is 2.24. The molecule has 0 spiro atoms. The zero-order valence-corrected chi connectivity index (χ0v) is 17.6. The van der Waals surface area contributed by atoms with E-state index < -0.39 is 6.04 Å². The molecule has 0 aliphatic rings. The van der Waals surface area contributed by atoms with E-state index in [-0.39, 0.29) is 30.6 Å².